The van der Waals surface area contributed by atoms with E-state index in [2.05, 4.69) is 34.2 Å². The summed E-state index contributed by atoms with van der Waals surface area (Å²) in [6.07, 6.45) is 21.7. The molecule has 0 bridgehead atoms. The van der Waals surface area contributed by atoms with Crippen molar-refractivity contribution in [3.8, 4) is 0 Å². The van der Waals surface area contributed by atoms with E-state index in [0.29, 0.717) is 0 Å². The van der Waals surface area contributed by atoms with Crippen LogP contribution in [0, 0.1) is 11.8 Å². The maximum absolute atomic E-state index is 3.36. The zero-order valence-corrected chi connectivity index (χ0v) is 24.7. The lowest BCUT2D eigenvalue weighted by Gasteiger charge is -2.40. The van der Waals surface area contributed by atoms with Gasteiger partial charge in [0.25, 0.3) is 0 Å². The van der Waals surface area contributed by atoms with Crippen LogP contribution in [-0.4, -0.2) is 61.7 Å². The predicted octanol–water partition coefficient (Wildman–Crippen LogP) is 8.16. The first kappa shape index (κ1) is 33.6. The standard InChI is InChI=1S/C18H32N2.C7H15N.3C2H6/c1-3-7-17(8-4-1)9-14-19-15-10-18(11-16-19)20-12-5-2-6-13-20;1-2-3-7-4-5-8-6-7;3*1-2/h1,3,17-18H,2,4-16H2;7-8H,2-6H2,1H3;3*1-2H3. The van der Waals surface area contributed by atoms with Crippen molar-refractivity contribution in [1.82, 2.24) is 15.1 Å². The minimum atomic E-state index is 0.907. The highest BCUT2D eigenvalue weighted by molar-refractivity contribution is 4.90. The van der Waals surface area contributed by atoms with Crippen molar-refractivity contribution in [1.29, 1.82) is 0 Å². The van der Waals surface area contributed by atoms with Gasteiger partial charge in [-0.25, -0.2) is 0 Å². The number of rotatable bonds is 6. The molecule has 0 spiro atoms. The number of allylic oxidation sites excluding steroid dienone is 2. The summed E-state index contributed by atoms with van der Waals surface area (Å²) in [6.45, 7) is 23.6. The molecule has 34 heavy (non-hydrogen) atoms. The molecule has 0 radical (unpaired) electrons. The monoisotopic (exact) mass is 480 g/mol. The van der Waals surface area contributed by atoms with Gasteiger partial charge in [0.1, 0.15) is 0 Å². The summed E-state index contributed by atoms with van der Waals surface area (Å²) in [4.78, 5) is 5.52. The maximum Gasteiger partial charge on any atom is 0.0120 e. The highest BCUT2D eigenvalue weighted by atomic mass is 15.2. The molecule has 2 unspecified atom stereocenters. The second kappa shape index (κ2) is 24.3. The van der Waals surface area contributed by atoms with E-state index in [1.54, 1.807) is 0 Å². The summed E-state index contributed by atoms with van der Waals surface area (Å²) in [7, 11) is 0. The zero-order chi connectivity index (χ0) is 25.4. The van der Waals surface area contributed by atoms with Crippen LogP contribution in [0.5, 0.6) is 0 Å². The van der Waals surface area contributed by atoms with E-state index >= 15 is 0 Å². The molecule has 3 nitrogen and oxygen atoms in total. The molecular formula is C31H65N3. The van der Waals surface area contributed by atoms with E-state index in [0.717, 1.165) is 17.9 Å². The average molecular weight is 480 g/mol. The number of hydrogen-bond donors (Lipinski definition) is 1. The fourth-order valence-electron chi connectivity index (χ4n) is 5.64. The molecule has 3 heteroatoms. The van der Waals surface area contributed by atoms with Crippen LogP contribution < -0.4 is 5.32 Å². The van der Waals surface area contributed by atoms with E-state index in [1.165, 1.54) is 123 Å². The number of likely N-dealkylation sites (tertiary alicyclic amines) is 2. The molecule has 0 aromatic heterocycles. The molecule has 3 saturated heterocycles. The van der Waals surface area contributed by atoms with Gasteiger partial charge in [-0.15, -0.1) is 0 Å². The highest BCUT2D eigenvalue weighted by Crippen LogP contribution is 2.24. The predicted molar refractivity (Wildman–Crippen MR) is 156 cm³/mol. The lowest BCUT2D eigenvalue weighted by atomic mass is 9.91. The van der Waals surface area contributed by atoms with E-state index in [9.17, 15) is 0 Å². The molecule has 0 saturated carbocycles. The van der Waals surface area contributed by atoms with Crippen molar-refractivity contribution >= 4 is 0 Å². The normalized spacial score (nSPS) is 25.4. The second-order valence-electron chi connectivity index (χ2n) is 9.76. The first-order valence-electron chi connectivity index (χ1n) is 15.7. The van der Waals surface area contributed by atoms with Gasteiger partial charge in [0.15, 0.2) is 0 Å². The largest absolute Gasteiger partial charge is 0.316 e. The van der Waals surface area contributed by atoms with Crippen LogP contribution in [-0.2, 0) is 0 Å². The molecule has 204 valence electrons. The molecule has 3 fully saturated rings. The summed E-state index contributed by atoms with van der Waals surface area (Å²) in [5.74, 6) is 1.97. The Kier molecular flexibility index (Phi) is 24.0. The third kappa shape index (κ3) is 14.9. The van der Waals surface area contributed by atoms with E-state index in [1.807, 2.05) is 41.5 Å². The van der Waals surface area contributed by atoms with Crippen LogP contribution in [0.4, 0.5) is 0 Å². The lowest BCUT2D eigenvalue weighted by Crippen LogP contribution is -2.47. The van der Waals surface area contributed by atoms with Crippen molar-refractivity contribution in [2.24, 2.45) is 11.8 Å². The van der Waals surface area contributed by atoms with Gasteiger partial charge in [0.2, 0.25) is 0 Å². The Morgan fingerprint density at radius 1 is 0.735 bits per heavy atom. The minimum Gasteiger partial charge on any atom is -0.316 e. The van der Waals surface area contributed by atoms with Gasteiger partial charge in [0, 0.05) is 6.04 Å². The molecule has 0 aromatic rings. The van der Waals surface area contributed by atoms with Crippen LogP contribution in [0.2, 0.25) is 0 Å². The van der Waals surface area contributed by atoms with Gasteiger partial charge in [-0.3, -0.25) is 0 Å². The fourth-order valence-corrected chi connectivity index (χ4v) is 5.64. The Morgan fingerprint density at radius 2 is 1.41 bits per heavy atom. The molecule has 4 rings (SSSR count). The summed E-state index contributed by atoms with van der Waals surface area (Å²) in [5, 5.41) is 3.36. The number of nitrogens with zero attached hydrogens (tertiary/aromatic N) is 2. The molecule has 3 aliphatic heterocycles. The van der Waals surface area contributed by atoms with Gasteiger partial charge in [-0.2, -0.15) is 0 Å². The quantitative estimate of drug-likeness (QED) is 0.388. The Hall–Kier alpha value is -0.380. The van der Waals surface area contributed by atoms with E-state index in [4.69, 9.17) is 0 Å². The number of nitrogens with one attached hydrogen (secondary N) is 1. The first-order valence-corrected chi connectivity index (χ1v) is 15.7. The third-order valence-corrected chi connectivity index (χ3v) is 7.55. The molecule has 1 N–H and O–H groups in total. The molecule has 0 amide bonds. The number of hydrogen-bond acceptors (Lipinski definition) is 3. The summed E-state index contributed by atoms with van der Waals surface area (Å²) < 4.78 is 0. The second-order valence-corrected chi connectivity index (χ2v) is 9.76. The Bertz CT molecular complexity index is 416. The Morgan fingerprint density at radius 3 is 1.94 bits per heavy atom. The molecule has 2 atom stereocenters. The highest BCUT2D eigenvalue weighted by Gasteiger charge is 2.25. The number of piperidine rings is 2. The molecular weight excluding hydrogens is 414 g/mol. The molecule has 1 aliphatic carbocycles. The van der Waals surface area contributed by atoms with Crippen LogP contribution >= 0.6 is 0 Å². The molecule has 4 aliphatic rings. The van der Waals surface area contributed by atoms with Crippen LogP contribution in [0.25, 0.3) is 0 Å². The topological polar surface area (TPSA) is 18.5 Å². The molecule has 3 heterocycles. The smallest absolute Gasteiger partial charge is 0.0120 e. The lowest BCUT2D eigenvalue weighted by molar-refractivity contribution is 0.0897. The van der Waals surface area contributed by atoms with Crippen LogP contribution in [0.3, 0.4) is 0 Å². The third-order valence-electron chi connectivity index (χ3n) is 7.55. The maximum atomic E-state index is 3.36. The molecule has 0 aromatic carbocycles. The van der Waals surface area contributed by atoms with Crippen LogP contribution in [0.15, 0.2) is 12.2 Å². The average Bonchev–Trinajstić information content (AvgIpc) is 3.46. The van der Waals surface area contributed by atoms with Crippen molar-refractivity contribution < 1.29 is 0 Å². The van der Waals surface area contributed by atoms with Gasteiger partial charge in [-0.1, -0.05) is 73.5 Å². The van der Waals surface area contributed by atoms with E-state index < -0.39 is 0 Å². The van der Waals surface area contributed by atoms with Crippen molar-refractivity contribution in [2.75, 3.05) is 45.8 Å². The summed E-state index contributed by atoms with van der Waals surface area (Å²) >= 11 is 0. The van der Waals surface area contributed by atoms with Crippen molar-refractivity contribution in [3.63, 3.8) is 0 Å². The van der Waals surface area contributed by atoms with Crippen molar-refractivity contribution in [3.05, 3.63) is 12.2 Å². The SMILES string of the molecule is C1=CCC(CCN2CCC(N3CCCCC3)CC2)CC1.CC.CC.CC.CCCC1CCNC1. The van der Waals surface area contributed by atoms with Crippen molar-refractivity contribution in [2.45, 2.75) is 132 Å². The van der Waals surface area contributed by atoms with Gasteiger partial charge >= 0.3 is 0 Å². The Labute approximate surface area is 216 Å². The fraction of sp³-hybridized carbons (Fsp3) is 0.935. The van der Waals surface area contributed by atoms with Gasteiger partial charge in [-0.05, 0) is 122 Å². The van der Waals surface area contributed by atoms with E-state index in [-0.39, 0.29) is 0 Å². The van der Waals surface area contributed by atoms with Crippen LogP contribution in [0.1, 0.15) is 126 Å². The van der Waals surface area contributed by atoms with Gasteiger partial charge < -0.3 is 15.1 Å². The first-order chi connectivity index (χ1) is 16.8. The zero-order valence-electron chi connectivity index (χ0n) is 24.7. The summed E-state index contributed by atoms with van der Waals surface area (Å²) in [6, 6.07) is 0.907. The Balaban J connectivity index is 0.000000651. The minimum absolute atomic E-state index is 0.907. The van der Waals surface area contributed by atoms with Gasteiger partial charge in [0.05, 0.1) is 0 Å². The summed E-state index contributed by atoms with van der Waals surface area (Å²) in [5.41, 5.74) is 0.